The number of hydrogen-bond acceptors (Lipinski definition) is 5. The Kier molecular flexibility index (Phi) is 9.99. The summed E-state index contributed by atoms with van der Waals surface area (Å²) in [5, 5.41) is 25.0. The van der Waals surface area contributed by atoms with Gasteiger partial charge in [-0.3, -0.25) is 9.59 Å². The molecule has 2 aromatic rings. The molecule has 42 heavy (non-hydrogen) atoms. The Bertz CT molecular complexity index is 1240. The molecule has 0 heterocycles. The Labute approximate surface area is 254 Å². The van der Waals surface area contributed by atoms with Gasteiger partial charge in [0.15, 0.2) is 0 Å². The zero-order chi connectivity index (χ0) is 32.6. The Morgan fingerprint density at radius 3 is 1.36 bits per heavy atom. The van der Waals surface area contributed by atoms with E-state index in [9.17, 15) is 19.8 Å². The Morgan fingerprint density at radius 1 is 0.643 bits per heavy atom. The summed E-state index contributed by atoms with van der Waals surface area (Å²) in [4.78, 5) is 26.2. The summed E-state index contributed by atoms with van der Waals surface area (Å²) in [5.74, 6) is -0.107. The minimum absolute atomic E-state index is 0.0178. The number of esters is 1. The molecule has 0 bridgehead atoms. The highest BCUT2D eigenvalue weighted by Gasteiger charge is 2.30. The number of rotatable bonds is 7. The summed E-state index contributed by atoms with van der Waals surface area (Å²) >= 11 is 0. The van der Waals surface area contributed by atoms with E-state index in [2.05, 4.69) is 46.9 Å². The Balaban J connectivity index is 2.16. The van der Waals surface area contributed by atoms with Gasteiger partial charge < -0.3 is 20.3 Å². The summed E-state index contributed by atoms with van der Waals surface area (Å²) in [7, 11) is 0. The van der Waals surface area contributed by atoms with Gasteiger partial charge in [0.1, 0.15) is 18.1 Å². The van der Waals surface area contributed by atoms with E-state index >= 15 is 0 Å². The zero-order valence-electron chi connectivity index (χ0n) is 28.5. The molecule has 3 N–H and O–H groups in total. The normalized spacial score (nSPS) is 13.2. The number of hydrogen-bond donors (Lipinski definition) is 3. The lowest BCUT2D eigenvalue weighted by Gasteiger charge is -2.29. The van der Waals surface area contributed by atoms with E-state index in [1.54, 1.807) is 12.1 Å². The molecule has 1 amide bonds. The monoisotopic (exact) mass is 581 g/mol. The number of phenolic OH excluding ortho intramolecular Hbond substituents is 2. The topological polar surface area (TPSA) is 95.9 Å². The van der Waals surface area contributed by atoms with E-state index in [0.717, 1.165) is 16.7 Å². The molecule has 234 valence electrons. The average molecular weight is 582 g/mol. The Hall–Kier alpha value is -3.02. The van der Waals surface area contributed by atoms with Crippen molar-refractivity contribution in [3.05, 3.63) is 57.6 Å². The molecule has 0 unspecified atom stereocenters. The predicted molar refractivity (Wildman–Crippen MR) is 172 cm³/mol. The summed E-state index contributed by atoms with van der Waals surface area (Å²) in [6.45, 7) is 28.1. The first kappa shape index (κ1) is 35.2. The number of nitrogens with one attached hydrogen (secondary N) is 1. The van der Waals surface area contributed by atoms with Gasteiger partial charge in [-0.2, -0.15) is 0 Å². The largest absolute Gasteiger partial charge is 0.507 e. The van der Waals surface area contributed by atoms with Crippen LogP contribution >= 0.6 is 0 Å². The van der Waals surface area contributed by atoms with Gasteiger partial charge in [0.25, 0.3) is 5.91 Å². The highest BCUT2D eigenvalue weighted by Crippen LogP contribution is 2.41. The van der Waals surface area contributed by atoms with Crippen LogP contribution in [-0.4, -0.2) is 34.2 Å². The SMILES string of the molecule is CC(C)(COC(=O)CCc1cc(C(C)(C)C)c(O)c(C(C)(C)C)c1)NC(=O)c1cc(C(C)(C)C)c(O)c(C(C)(C)C)c1. The minimum Gasteiger partial charge on any atom is -0.507 e. The molecule has 0 spiro atoms. The summed E-state index contributed by atoms with van der Waals surface area (Å²) in [6.07, 6.45) is 0.667. The van der Waals surface area contributed by atoms with E-state index in [-0.39, 0.29) is 52.3 Å². The molecule has 2 rings (SSSR count). The van der Waals surface area contributed by atoms with Crippen LogP contribution in [0.4, 0.5) is 0 Å². The number of aromatic hydroxyl groups is 2. The maximum Gasteiger partial charge on any atom is 0.306 e. The molecule has 0 radical (unpaired) electrons. The van der Waals surface area contributed by atoms with Crippen molar-refractivity contribution in [2.45, 2.75) is 137 Å². The second kappa shape index (κ2) is 11.9. The van der Waals surface area contributed by atoms with Crippen molar-refractivity contribution in [3.8, 4) is 11.5 Å². The third-order valence-corrected chi connectivity index (χ3v) is 7.44. The van der Waals surface area contributed by atoms with E-state index in [4.69, 9.17) is 4.74 Å². The first-order valence-corrected chi connectivity index (χ1v) is 15.0. The van der Waals surface area contributed by atoms with Crippen LogP contribution in [-0.2, 0) is 37.6 Å². The number of benzene rings is 2. The number of ether oxygens (including phenoxy) is 1. The molecular formula is C36H55NO5. The van der Waals surface area contributed by atoms with E-state index in [1.807, 2.05) is 67.5 Å². The first-order chi connectivity index (χ1) is 18.7. The average Bonchev–Trinajstić information content (AvgIpc) is 2.78. The van der Waals surface area contributed by atoms with E-state index in [1.165, 1.54) is 0 Å². The van der Waals surface area contributed by atoms with Gasteiger partial charge in [0.2, 0.25) is 0 Å². The van der Waals surface area contributed by atoms with Crippen LogP contribution in [0.5, 0.6) is 11.5 Å². The van der Waals surface area contributed by atoms with Gasteiger partial charge in [-0.15, -0.1) is 0 Å². The fraction of sp³-hybridized carbons (Fsp3) is 0.611. The molecule has 0 fully saturated rings. The Morgan fingerprint density at radius 2 is 1.00 bits per heavy atom. The molecule has 6 heteroatoms. The number of aryl methyl sites for hydroxylation is 1. The lowest BCUT2D eigenvalue weighted by Crippen LogP contribution is -2.47. The molecule has 0 aromatic heterocycles. The van der Waals surface area contributed by atoms with Gasteiger partial charge in [0, 0.05) is 23.1 Å². The first-order valence-electron chi connectivity index (χ1n) is 15.0. The van der Waals surface area contributed by atoms with Gasteiger partial charge in [0.05, 0.1) is 5.54 Å². The number of carbonyl (C=O) groups excluding carboxylic acids is 2. The quantitative estimate of drug-likeness (QED) is 0.288. The van der Waals surface area contributed by atoms with Crippen molar-refractivity contribution < 1.29 is 24.5 Å². The van der Waals surface area contributed by atoms with Crippen molar-refractivity contribution in [1.29, 1.82) is 0 Å². The molecule has 0 aliphatic carbocycles. The van der Waals surface area contributed by atoms with Crippen LogP contribution in [0, 0.1) is 0 Å². The third-order valence-electron chi connectivity index (χ3n) is 7.44. The second-order valence-corrected chi connectivity index (χ2v) is 16.5. The molecule has 0 aliphatic heterocycles. The molecule has 6 nitrogen and oxygen atoms in total. The summed E-state index contributed by atoms with van der Waals surface area (Å²) in [6, 6.07) is 7.46. The van der Waals surface area contributed by atoms with Gasteiger partial charge >= 0.3 is 5.97 Å². The molecule has 0 saturated carbocycles. The lowest BCUT2D eigenvalue weighted by atomic mass is 9.78. The van der Waals surface area contributed by atoms with Crippen molar-refractivity contribution in [2.24, 2.45) is 0 Å². The number of carbonyl (C=O) groups is 2. The molecular weight excluding hydrogens is 526 g/mol. The second-order valence-electron chi connectivity index (χ2n) is 16.5. The predicted octanol–water partition coefficient (Wildman–Crippen LogP) is 7.97. The van der Waals surface area contributed by atoms with Gasteiger partial charge in [-0.05, 0) is 70.8 Å². The van der Waals surface area contributed by atoms with Crippen LogP contribution in [0.15, 0.2) is 24.3 Å². The number of phenols is 2. The molecule has 0 atom stereocenters. The van der Waals surface area contributed by atoms with Crippen LogP contribution in [0.2, 0.25) is 0 Å². The third kappa shape index (κ3) is 8.99. The standard InChI is InChI=1S/C36H55NO5/c1-32(2,3)24-17-22(18-25(29(24)39)33(4,5)6)15-16-28(38)42-21-36(13,14)37-31(41)23-19-26(34(7,8)9)30(40)27(20-23)35(10,11)12/h17-20,39-40H,15-16,21H2,1-14H3,(H,37,41). The van der Waals surface area contributed by atoms with Crippen LogP contribution in [0.3, 0.4) is 0 Å². The summed E-state index contributed by atoms with van der Waals surface area (Å²) in [5.41, 5.74) is 2.55. The molecule has 0 saturated heterocycles. The van der Waals surface area contributed by atoms with Crippen molar-refractivity contribution in [1.82, 2.24) is 5.32 Å². The number of amides is 1. The van der Waals surface area contributed by atoms with Crippen molar-refractivity contribution >= 4 is 11.9 Å². The van der Waals surface area contributed by atoms with E-state index in [0.29, 0.717) is 28.9 Å². The molecule has 2 aromatic carbocycles. The summed E-state index contributed by atoms with van der Waals surface area (Å²) < 4.78 is 5.62. The van der Waals surface area contributed by atoms with Crippen LogP contribution in [0.1, 0.15) is 142 Å². The van der Waals surface area contributed by atoms with Crippen LogP contribution < -0.4 is 5.32 Å². The maximum atomic E-state index is 13.4. The highest BCUT2D eigenvalue weighted by atomic mass is 16.5. The fourth-order valence-electron chi connectivity index (χ4n) is 4.89. The smallest absolute Gasteiger partial charge is 0.306 e. The van der Waals surface area contributed by atoms with Gasteiger partial charge in [-0.1, -0.05) is 95.2 Å². The van der Waals surface area contributed by atoms with Crippen LogP contribution in [0.25, 0.3) is 0 Å². The highest BCUT2D eigenvalue weighted by molar-refractivity contribution is 5.95. The van der Waals surface area contributed by atoms with Crippen molar-refractivity contribution in [3.63, 3.8) is 0 Å². The van der Waals surface area contributed by atoms with Gasteiger partial charge in [-0.25, -0.2) is 0 Å². The molecule has 0 aliphatic rings. The van der Waals surface area contributed by atoms with E-state index < -0.39 is 5.54 Å². The van der Waals surface area contributed by atoms with Crippen molar-refractivity contribution in [2.75, 3.05) is 6.61 Å². The zero-order valence-corrected chi connectivity index (χ0v) is 28.5. The lowest BCUT2D eigenvalue weighted by molar-refractivity contribution is -0.145. The maximum absolute atomic E-state index is 13.4. The minimum atomic E-state index is -0.814. The fourth-order valence-corrected chi connectivity index (χ4v) is 4.89.